The lowest BCUT2D eigenvalue weighted by molar-refractivity contribution is -0.140. The molecule has 0 fully saturated rings. The Balaban J connectivity index is 1.53. The zero-order chi connectivity index (χ0) is 32.2. The molecule has 4 rings (SSSR count). The molecule has 7 heteroatoms. The van der Waals surface area contributed by atoms with Gasteiger partial charge in [-0.15, -0.1) is 0 Å². The number of carbonyl (C=O) groups is 5. The third kappa shape index (κ3) is 10.1. The van der Waals surface area contributed by atoms with Crippen LogP contribution in [0.25, 0.3) is 11.1 Å². The van der Waals surface area contributed by atoms with E-state index in [9.17, 15) is 24.0 Å². The number of ketones is 3. The highest BCUT2D eigenvalue weighted by molar-refractivity contribution is 6.38. The number of hydrogen-bond donors (Lipinski definition) is 2. The summed E-state index contributed by atoms with van der Waals surface area (Å²) < 4.78 is 0. The van der Waals surface area contributed by atoms with E-state index in [-0.39, 0.29) is 31.0 Å². The van der Waals surface area contributed by atoms with Gasteiger partial charge < -0.3 is 10.6 Å². The molecule has 2 N–H and O–H groups in total. The quantitative estimate of drug-likeness (QED) is 0.269. The maximum Gasteiger partial charge on any atom is 0.242 e. The molecule has 0 spiro atoms. The molecule has 0 unspecified atom stereocenters. The van der Waals surface area contributed by atoms with Gasteiger partial charge in [0.25, 0.3) is 0 Å². The number of fused-ring (bicyclic) bond motifs is 5. The van der Waals surface area contributed by atoms with Crippen LogP contribution < -0.4 is 10.6 Å². The highest BCUT2D eigenvalue weighted by Gasteiger charge is 2.31. The molecule has 45 heavy (non-hydrogen) atoms. The van der Waals surface area contributed by atoms with Crippen LogP contribution in [0.1, 0.15) is 75.5 Å². The molecule has 1 heterocycles. The zero-order valence-electron chi connectivity index (χ0n) is 26.3. The second-order valence-electron chi connectivity index (χ2n) is 12.1. The number of rotatable bonds is 11. The minimum absolute atomic E-state index is 0.0935. The smallest absolute Gasteiger partial charge is 0.242 e. The first-order chi connectivity index (χ1) is 21.7. The fourth-order valence-corrected chi connectivity index (χ4v) is 5.79. The van der Waals surface area contributed by atoms with Crippen LogP contribution in [0, 0.1) is 5.92 Å². The van der Waals surface area contributed by atoms with Gasteiger partial charge in [-0.3, -0.25) is 24.0 Å². The Bertz CT molecular complexity index is 1500. The first kappa shape index (κ1) is 33.5. The van der Waals surface area contributed by atoms with Crippen LogP contribution in [0.3, 0.4) is 0 Å². The Labute approximate surface area is 266 Å². The van der Waals surface area contributed by atoms with Gasteiger partial charge in [-0.1, -0.05) is 98.6 Å². The Morgan fingerprint density at radius 3 is 2.16 bits per heavy atom. The number of Topliss-reactive ketones (excluding diaryl/α,β-unsaturated/α-hetero) is 3. The summed E-state index contributed by atoms with van der Waals surface area (Å²) in [7, 11) is 0. The van der Waals surface area contributed by atoms with Gasteiger partial charge in [0.2, 0.25) is 17.6 Å². The standard InChI is InChI=1S/C38H44N2O5/c1-3-4-14-32(37(44)34(41)21-18-27-10-6-5-7-11-27)25-35(42)33-20-17-28-12-8-15-30(23-28)31-16-9-13-29(24-31)19-22-36(43)39-26(2)38(45)40-33/h5-13,15-16,23-24,26,32-33H,3-4,14,17-22,25H2,1-2H3,(H,39,43)(H,40,45)/t26-,32+,33-/m0/s1. The Kier molecular flexibility index (Phi) is 12.4. The molecule has 7 nitrogen and oxygen atoms in total. The largest absolute Gasteiger partial charge is 0.345 e. The summed E-state index contributed by atoms with van der Waals surface area (Å²) in [6, 6.07) is 24.0. The van der Waals surface area contributed by atoms with Crippen LogP contribution in [-0.2, 0) is 43.2 Å². The Morgan fingerprint density at radius 1 is 0.822 bits per heavy atom. The van der Waals surface area contributed by atoms with Gasteiger partial charge in [0.05, 0.1) is 6.04 Å². The summed E-state index contributed by atoms with van der Waals surface area (Å²) in [5, 5.41) is 5.61. The maximum atomic E-state index is 13.8. The van der Waals surface area contributed by atoms with Crippen LogP contribution >= 0.6 is 0 Å². The second-order valence-corrected chi connectivity index (χ2v) is 12.1. The fourth-order valence-electron chi connectivity index (χ4n) is 5.79. The molecule has 0 aliphatic carbocycles. The van der Waals surface area contributed by atoms with Crippen molar-refractivity contribution in [2.75, 3.05) is 0 Å². The minimum atomic E-state index is -0.868. The van der Waals surface area contributed by atoms with Crippen molar-refractivity contribution in [3.8, 4) is 11.1 Å². The van der Waals surface area contributed by atoms with Gasteiger partial charge in [-0.2, -0.15) is 0 Å². The van der Waals surface area contributed by atoms with Crippen molar-refractivity contribution in [3.05, 3.63) is 95.6 Å². The summed E-state index contributed by atoms with van der Waals surface area (Å²) >= 11 is 0. The van der Waals surface area contributed by atoms with Crippen LogP contribution in [0.15, 0.2) is 78.9 Å². The van der Waals surface area contributed by atoms with Crippen LogP contribution in [0.4, 0.5) is 0 Å². The summed E-state index contributed by atoms with van der Waals surface area (Å²) in [5.74, 6) is -2.70. The number of nitrogens with one attached hydrogen (secondary N) is 2. The van der Waals surface area contributed by atoms with Crippen molar-refractivity contribution in [3.63, 3.8) is 0 Å². The van der Waals surface area contributed by atoms with E-state index in [2.05, 4.69) is 22.8 Å². The van der Waals surface area contributed by atoms with Crippen molar-refractivity contribution in [2.24, 2.45) is 5.92 Å². The van der Waals surface area contributed by atoms with Crippen molar-refractivity contribution >= 4 is 29.2 Å². The molecule has 236 valence electrons. The molecule has 1 aliphatic heterocycles. The molecular formula is C38H44N2O5. The van der Waals surface area contributed by atoms with Gasteiger partial charge in [0, 0.05) is 25.2 Å². The number of aryl methyl sites for hydroxylation is 3. The van der Waals surface area contributed by atoms with E-state index in [1.165, 1.54) is 0 Å². The monoisotopic (exact) mass is 608 g/mol. The summed E-state index contributed by atoms with van der Waals surface area (Å²) in [6.07, 6.45) is 4.02. The Morgan fingerprint density at radius 2 is 1.49 bits per heavy atom. The molecule has 1 aliphatic rings. The van der Waals surface area contributed by atoms with Gasteiger partial charge in [-0.25, -0.2) is 0 Å². The van der Waals surface area contributed by atoms with Gasteiger partial charge >= 0.3 is 0 Å². The maximum absolute atomic E-state index is 13.8. The molecule has 0 saturated heterocycles. The van der Waals surface area contributed by atoms with Crippen molar-refractivity contribution < 1.29 is 24.0 Å². The average Bonchev–Trinajstić information content (AvgIpc) is 3.06. The van der Waals surface area contributed by atoms with Gasteiger partial charge in [-0.05, 0) is 66.8 Å². The molecule has 4 bridgehead atoms. The number of hydrogen-bond acceptors (Lipinski definition) is 5. The topological polar surface area (TPSA) is 109 Å². The summed E-state index contributed by atoms with van der Waals surface area (Å²) in [5.41, 5.74) is 5.12. The van der Waals surface area contributed by atoms with E-state index >= 15 is 0 Å². The first-order valence-corrected chi connectivity index (χ1v) is 16.1. The molecule has 0 aromatic heterocycles. The lowest BCUT2D eigenvalue weighted by atomic mass is 9.86. The third-order valence-electron chi connectivity index (χ3n) is 8.51. The van der Waals surface area contributed by atoms with Crippen LogP contribution in [0.5, 0.6) is 0 Å². The number of unbranched alkanes of at least 4 members (excludes halogenated alkanes) is 1. The van der Waals surface area contributed by atoms with E-state index in [4.69, 9.17) is 0 Å². The van der Waals surface area contributed by atoms with E-state index in [0.29, 0.717) is 38.5 Å². The minimum Gasteiger partial charge on any atom is -0.345 e. The lowest BCUT2D eigenvalue weighted by Crippen LogP contribution is -2.51. The number of carbonyl (C=O) groups excluding carboxylic acids is 5. The van der Waals surface area contributed by atoms with Crippen LogP contribution in [0.2, 0.25) is 0 Å². The lowest BCUT2D eigenvalue weighted by Gasteiger charge is -2.23. The van der Waals surface area contributed by atoms with Gasteiger partial charge in [0.1, 0.15) is 6.04 Å². The average molecular weight is 609 g/mol. The molecule has 3 atom stereocenters. The SMILES string of the molecule is CCCC[C@H](CC(=O)[C@@H]1CCc2cccc(c2)-c2cccc(c2)CCC(=O)N[C@@H](C)C(=O)N1)C(=O)C(=O)CCc1ccccc1. The van der Waals surface area contributed by atoms with E-state index in [1.54, 1.807) is 6.92 Å². The van der Waals surface area contributed by atoms with Crippen molar-refractivity contribution in [1.82, 2.24) is 10.6 Å². The molecule has 2 amide bonds. The Hall–Kier alpha value is -4.39. The predicted molar refractivity (Wildman–Crippen MR) is 175 cm³/mol. The van der Waals surface area contributed by atoms with Crippen molar-refractivity contribution in [1.29, 1.82) is 0 Å². The molecular weight excluding hydrogens is 564 g/mol. The third-order valence-corrected chi connectivity index (χ3v) is 8.51. The summed E-state index contributed by atoms with van der Waals surface area (Å²) in [6.45, 7) is 3.60. The van der Waals surface area contributed by atoms with Crippen LogP contribution in [-0.4, -0.2) is 41.2 Å². The van der Waals surface area contributed by atoms with E-state index < -0.39 is 35.5 Å². The number of amides is 2. The summed E-state index contributed by atoms with van der Waals surface area (Å²) in [4.78, 5) is 66.0. The van der Waals surface area contributed by atoms with E-state index in [0.717, 1.165) is 34.2 Å². The highest BCUT2D eigenvalue weighted by atomic mass is 16.2. The molecule has 3 aromatic carbocycles. The number of benzene rings is 3. The molecule has 0 saturated carbocycles. The van der Waals surface area contributed by atoms with Crippen molar-refractivity contribution in [2.45, 2.75) is 90.1 Å². The highest BCUT2D eigenvalue weighted by Crippen LogP contribution is 2.24. The van der Waals surface area contributed by atoms with Gasteiger partial charge in [0.15, 0.2) is 11.6 Å². The van der Waals surface area contributed by atoms with E-state index in [1.807, 2.05) is 73.7 Å². The fraction of sp³-hybridized carbons (Fsp3) is 0.395. The molecule has 0 radical (unpaired) electrons. The normalized spacial score (nSPS) is 17.9. The molecule has 3 aromatic rings. The zero-order valence-corrected chi connectivity index (χ0v) is 26.3. The second kappa shape index (κ2) is 16.6. The first-order valence-electron chi connectivity index (χ1n) is 16.1. The predicted octanol–water partition coefficient (Wildman–Crippen LogP) is 5.76.